The number of likely N-dealkylation sites (N-methyl/N-ethyl adjacent to an activating group) is 1. The van der Waals surface area contributed by atoms with Crippen molar-refractivity contribution in [2.75, 3.05) is 33.2 Å². The third-order valence-electron chi connectivity index (χ3n) is 5.17. The van der Waals surface area contributed by atoms with Crippen LogP contribution in [0.4, 0.5) is 0 Å². The molecule has 0 saturated carbocycles. The van der Waals surface area contributed by atoms with Gasteiger partial charge in [-0.1, -0.05) is 24.3 Å². The molecule has 2 N–H and O–H groups in total. The summed E-state index contributed by atoms with van der Waals surface area (Å²) in [7, 11) is 2.22. The Bertz CT molecular complexity index is 432. The Balaban J connectivity index is 1.83. The fourth-order valence-electron chi connectivity index (χ4n) is 3.65. The van der Waals surface area contributed by atoms with Gasteiger partial charge in [-0.25, -0.2) is 0 Å². The van der Waals surface area contributed by atoms with Crippen molar-refractivity contribution in [1.29, 1.82) is 0 Å². The van der Waals surface area contributed by atoms with Gasteiger partial charge >= 0.3 is 0 Å². The second-order valence-electron chi connectivity index (χ2n) is 6.33. The second kappa shape index (κ2) is 4.89. The molecule has 19 heavy (non-hydrogen) atoms. The van der Waals surface area contributed by atoms with Crippen LogP contribution in [-0.4, -0.2) is 54.6 Å². The summed E-state index contributed by atoms with van der Waals surface area (Å²) in [5.41, 5.74) is 9.37. The first-order chi connectivity index (χ1) is 9.14. The van der Waals surface area contributed by atoms with Crippen LogP contribution < -0.4 is 5.73 Å². The van der Waals surface area contributed by atoms with Crippen molar-refractivity contribution >= 4 is 0 Å². The van der Waals surface area contributed by atoms with Crippen LogP contribution in [0.1, 0.15) is 18.1 Å². The Labute approximate surface area is 116 Å². The number of nitrogens with two attached hydrogens (primary N) is 1. The Kier molecular flexibility index (Phi) is 3.37. The van der Waals surface area contributed by atoms with Gasteiger partial charge in [-0.05, 0) is 37.9 Å². The number of nitrogens with zero attached hydrogens (tertiary/aromatic N) is 2. The zero-order chi connectivity index (χ0) is 13.5. The molecule has 1 saturated heterocycles. The van der Waals surface area contributed by atoms with E-state index in [1.807, 2.05) is 0 Å². The highest BCUT2D eigenvalue weighted by Gasteiger charge is 2.42. The molecular weight excluding hydrogens is 234 g/mol. The summed E-state index contributed by atoms with van der Waals surface area (Å²) in [6.45, 7) is 6.52. The predicted molar refractivity (Wildman–Crippen MR) is 79.3 cm³/mol. The quantitative estimate of drug-likeness (QED) is 0.864. The summed E-state index contributed by atoms with van der Waals surface area (Å²) in [5.74, 6) is 0. The number of fused-ring (bicyclic) bond motifs is 1. The van der Waals surface area contributed by atoms with Crippen LogP contribution >= 0.6 is 0 Å². The third-order valence-corrected chi connectivity index (χ3v) is 5.17. The van der Waals surface area contributed by atoms with E-state index in [1.54, 1.807) is 0 Å². The molecule has 1 aliphatic carbocycles. The molecule has 0 amide bonds. The number of hydrogen-bond donors (Lipinski definition) is 1. The lowest BCUT2D eigenvalue weighted by Crippen LogP contribution is -2.62. The van der Waals surface area contributed by atoms with Crippen molar-refractivity contribution < 1.29 is 0 Å². The number of rotatable bonds is 2. The molecule has 1 heterocycles. The molecule has 0 radical (unpaired) electrons. The molecule has 3 rings (SSSR count). The van der Waals surface area contributed by atoms with E-state index in [0.717, 1.165) is 39.0 Å². The van der Waals surface area contributed by atoms with E-state index < -0.39 is 0 Å². The molecule has 3 heteroatoms. The van der Waals surface area contributed by atoms with Gasteiger partial charge in [0.1, 0.15) is 0 Å². The van der Waals surface area contributed by atoms with E-state index in [4.69, 9.17) is 5.73 Å². The lowest BCUT2D eigenvalue weighted by atomic mass is 9.91. The summed E-state index contributed by atoms with van der Waals surface area (Å²) < 4.78 is 0. The maximum absolute atomic E-state index is 6.20. The molecule has 1 aromatic rings. The van der Waals surface area contributed by atoms with Crippen molar-refractivity contribution in [2.24, 2.45) is 5.73 Å². The van der Waals surface area contributed by atoms with Crippen LogP contribution in [0.5, 0.6) is 0 Å². The molecular formula is C16H25N3. The Hall–Kier alpha value is -0.900. The highest BCUT2D eigenvalue weighted by atomic mass is 15.3. The van der Waals surface area contributed by atoms with Crippen LogP contribution in [0.3, 0.4) is 0 Å². The smallest absolute Gasteiger partial charge is 0.0413 e. The zero-order valence-corrected chi connectivity index (χ0v) is 12.1. The first-order valence-corrected chi connectivity index (χ1v) is 7.37. The van der Waals surface area contributed by atoms with Crippen molar-refractivity contribution in [1.82, 2.24) is 9.80 Å². The van der Waals surface area contributed by atoms with Crippen LogP contribution in [0.25, 0.3) is 0 Å². The molecule has 104 valence electrons. The van der Waals surface area contributed by atoms with Gasteiger partial charge in [-0.15, -0.1) is 0 Å². The van der Waals surface area contributed by atoms with Gasteiger partial charge < -0.3 is 10.6 Å². The molecule has 3 nitrogen and oxygen atoms in total. The maximum atomic E-state index is 6.20. The standard InChI is InChI=1S/C16H25N3/c1-13-11-19(8-7-18(13)2)16(12-17)9-14-5-3-4-6-15(14)10-16/h3-6,13H,7-12,17H2,1-2H3. The Morgan fingerprint density at radius 1 is 1.21 bits per heavy atom. The topological polar surface area (TPSA) is 32.5 Å². The van der Waals surface area contributed by atoms with E-state index in [-0.39, 0.29) is 5.54 Å². The van der Waals surface area contributed by atoms with Gasteiger partial charge in [0.15, 0.2) is 0 Å². The molecule has 1 fully saturated rings. The first-order valence-electron chi connectivity index (χ1n) is 7.37. The molecule has 1 aliphatic heterocycles. The molecule has 2 aliphatic rings. The van der Waals surface area contributed by atoms with Crippen molar-refractivity contribution in [3.8, 4) is 0 Å². The molecule has 1 unspecified atom stereocenters. The zero-order valence-electron chi connectivity index (χ0n) is 12.1. The van der Waals surface area contributed by atoms with Gasteiger partial charge in [-0.2, -0.15) is 0 Å². The summed E-state index contributed by atoms with van der Waals surface area (Å²) >= 11 is 0. The summed E-state index contributed by atoms with van der Waals surface area (Å²) in [6, 6.07) is 9.47. The van der Waals surface area contributed by atoms with E-state index >= 15 is 0 Å². The van der Waals surface area contributed by atoms with E-state index in [9.17, 15) is 0 Å². The maximum Gasteiger partial charge on any atom is 0.0413 e. The van der Waals surface area contributed by atoms with Crippen molar-refractivity contribution in [2.45, 2.75) is 31.3 Å². The fourth-order valence-corrected chi connectivity index (χ4v) is 3.65. The highest BCUT2D eigenvalue weighted by molar-refractivity contribution is 5.36. The van der Waals surface area contributed by atoms with Crippen molar-refractivity contribution in [3.63, 3.8) is 0 Å². The van der Waals surface area contributed by atoms with Gasteiger partial charge in [0.25, 0.3) is 0 Å². The van der Waals surface area contributed by atoms with Crippen LogP contribution in [0.2, 0.25) is 0 Å². The van der Waals surface area contributed by atoms with Crippen LogP contribution in [-0.2, 0) is 12.8 Å². The minimum atomic E-state index is 0.166. The largest absolute Gasteiger partial charge is 0.329 e. The molecule has 1 aromatic carbocycles. The molecule has 0 aromatic heterocycles. The van der Waals surface area contributed by atoms with Gasteiger partial charge in [0, 0.05) is 37.8 Å². The number of hydrogen-bond acceptors (Lipinski definition) is 3. The van der Waals surface area contributed by atoms with Gasteiger partial charge in [0.2, 0.25) is 0 Å². The third kappa shape index (κ3) is 2.20. The van der Waals surface area contributed by atoms with E-state index in [2.05, 4.69) is 48.0 Å². The van der Waals surface area contributed by atoms with Gasteiger partial charge in [-0.3, -0.25) is 4.90 Å². The van der Waals surface area contributed by atoms with E-state index in [0.29, 0.717) is 6.04 Å². The molecule has 0 spiro atoms. The number of piperazine rings is 1. The van der Waals surface area contributed by atoms with Gasteiger partial charge in [0.05, 0.1) is 0 Å². The monoisotopic (exact) mass is 259 g/mol. The lowest BCUT2D eigenvalue weighted by molar-refractivity contribution is 0.0231. The average Bonchev–Trinajstić information content (AvgIpc) is 2.81. The normalized spacial score (nSPS) is 27.4. The van der Waals surface area contributed by atoms with Crippen LogP contribution in [0.15, 0.2) is 24.3 Å². The SMILES string of the molecule is CC1CN(C2(CN)Cc3ccccc3C2)CCN1C. The molecule has 0 bridgehead atoms. The second-order valence-corrected chi connectivity index (χ2v) is 6.33. The Morgan fingerprint density at radius 2 is 1.84 bits per heavy atom. The van der Waals surface area contributed by atoms with E-state index in [1.165, 1.54) is 11.1 Å². The first kappa shape index (κ1) is 13.1. The average molecular weight is 259 g/mol. The lowest BCUT2D eigenvalue weighted by Gasteiger charge is -2.47. The van der Waals surface area contributed by atoms with Crippen LogP contribution in [0, 0.1) is 0 Å². The fraction of sp³-hybridized carbons (Fsp3) is 0.625. The van der Waals surface area contributed by atoms with Crippen molar-refractivity contribution in [3.05, 3.63) is 35.4 Å². The predicted octanol–water partition coefficient (Wildman–Crippen LogP) is 1.12. The number of benzene rings is 1. The summed E-state index contributed by atoms with van der Waals surface area (Å²) in [6.07, 6.45) is 2.24. The Morgan fingerprint density at radius 3 is 2.37 bits per heavy atom. The summed E-state index contributed by atoms with van der Waals surface area (Å²) in [4.78, 5) is 5.10. The highest BCUT2D eigenvalue weighted by Crippen LogP contribution is 2.35. The minimum Gasteiger partial charge on any atom is -0.329 e. The summed E-state index contributed by atoms with van der Waals surface area (Å²) in [5, 5.41) is 0. The molecule has 1 atom stereocenters. The minimum absolute atomic E-state index is 0.166.